The average Bonchev–Trinajstić information content (AvgIpc) is 2.80. The van der Waals surface area contributed by atoms with Crippen LogP contribution in [0.25, 0.3) is 22.6 Å². The first-order valence-electron chi connectivity index (χ1n) is 5.49. The topological polar surface area (TPSA) is 54.5 Å². The van der Waals surface area contributed by atoms with Crippen LogP contribution in [0.15, 0.2) is 30.5 Å². The maximum atomic E-state index is 13.0. The van der Waals surface area contributed by atoms with Gasteiger partial charge < -0.3 is 4.98 Å². The maximum absolute atomic E-state index is 13.0. The summed E-state index contributed by atoms with van der Waals surface area (Å²) in [4.78, 5) is 13.6. The second-order valence-electron chi connectivity index (χ2n) is 4.02. The zero-order valence-electron chi connectivity index (χ0n) is 9.74. The summed E-state index contributed by atoms with van der Waals surface area (Å²) >= 11 is 0. The molecule has 0 amide bonds. The maximum Gasteiger partial charge on any atom is 0.433 e. The summed E-state index contributed by atoms with van der Waals surface area (Å²) in [5.41, 5.74) is -0.384. The van der Waals surface area contributed by atoms with Gasteiger partial charge in [0.25, 0.3) is 0 Å². The molecule has 3 aromatic heterocycles. The number of imidazole rings is 1. The van der Waals surface area contributed by atoms with E-state index in [9.17, 15) is 17.6 Å². The van der Waals surface area contributed by atoms with Gasteiger partial charge in [-0.15, -0.1) is 0 Å². The number of alkyl halides is 3. The number of halogens is 4. The minimum absolute atomic E-state index is 0.0768. The van der Waals surface area contributed by atoms with Gasteiger partial charge in [0.15, 0.2) is 5.65 Å². The fourth-order valence-electron chi connectivity index (χ4n) is 1.74. The molecule has 1 N–H and O–H groups in total. The third-order valence-corrected chi connectivity index (χ3v) is 2.64. The summed E-state index contributed by atoms with van der Waals surface area (Å²) < 4.78 is 50.6. The SMILES string of the molecule is Fc1cc(-c2nc3nc(C(F)(F)F)ccc3[nH]2)ccn1. The van der Waals surface area contributed by atoms with Gasteiger partial charge >= 0.3 is 6.18 Å². The molecule has 3 rings (SSSR count). The van der Waals surface area contributed by atoms with E-state index in [0.717, 1.165) is 12.1 Å². The van der Waals surface area contributed by atoms with E-state index in [2.05, 4.69) is 19.9 Å². The number of hydrogen-bond acceptors (Lipinski definition) is 3. The number of H-pyrrole nitrogens is 1. The summed E-state index contributed by atoms with van der Waals surface area (Å²) in [5, 5.41) is 0. The van der Waals surface area contributed by atoms with E-state index in [0.29, 0.717) is 11.1 Å². The zero-order valence-corrected chi connectivity index (χ0v) is 9.74. The molecule has 8 heteroatoms. The Kier molecular flexibility index (Phi) is 2.66. The number of nitrogens with zero attached hydrogens (tertiary/aromatic N) is 3. The normalized spacial score (nSPS) is 12.0. The highest BCUT2D eigenvalue weighted by Crippen LogP contribution is 2.29. The highest BCUT2D eigenvalue weighted by molar-refractivity contribution is 5.75. The van der Waals surface area contributed by atoms with Crippen molar-refractivity contribution < 1.29 is 17.6 Å². The Labute approximate surface area is 109 Å². The Morgan fingerprint density at radius 2 is 1.85 bits per heavy atom. The van der Waals surface area contributed by atoms with Crippen LogP contribution in [0.3, 0.4) is 0 Å². The summed E-state index contributed by atoms with van der Waals surface area (Å²) in [6.45, 7) is 0. The molecule has 0 radical (unpaired) electrons. The Hall–Kier alpha value is -2.51. The van der Waals surface area contributed by atoms with Crippen LogP contribution in [-0.2, 0) is 6.18 Å². The van der Waals surface area contributed by atoms with Crippen LogP contribution in [0.1, 0.15) is 5.69 Å². The van der Waals surface area contributed by atoms with E-state index < -0.39 is 17.8 Å². The lowest BCUT2D eigenvalue weighted by Gasteiger charge is -2.03. The lowest BCUT2D eigenvalue weighted by atomic mass is 10.2. The molecule has 0 saturated carbocycles. The van der Waals surface area contributed by atoms with E-state index in [1.165, 1.54) is 18.3 Å². The molecule has 20 heavy (non-hydrogen) atoms. The lowest BCUT2D eigenvalue weighted by Crippen LogP contribution is -2.07. The predicted molar refractivity (Wildman–Crippen MR) is 62.1 cm³/mol. The molecule has 0 aliphatic rings. The molecule has 0 aromatic carbocycles. The molecule has 0 bridgehead atoms. The van der Waals surface area contributed by atoms with Gasteiger partial charge in [-0.2, -0.15) is 17.6 Å². The molecular weight excluding hydrogens is 276 g/mol. The predicted octanol–water partition coefficient (Wildman–Crippen LogP) is 3.18. The van der Waals surface area contributed by atoms with Crippen molar-refractivity contribution in [2.24, 2.45) is 0 Å². The minimum Gasteiger partial charge on any atom is -0.337 e. The molecule has 4 nitrogen and oxygen atoms in total. The van der Waals surface area contributed by atoms with Gasteiger partial charge in [-0.3, -0.25) is 0 Å². The zero-order chi connectivity index (χ0) is 14.3. The van der Waals surface area contributed by atoms with Crippen LogP contribution < -0.4 is 0 Å². The number of fused-ring (bicyclic) bond motifs is 1. The standard InChI is InChI=1S/C12H6F4N4/c13-9-5-6(3-4-17-9)10-18-7-1-2-8(12(14,15)16)19-11(7)20-10/h1-5H,(H,18,19,20). The first-order valence-corrected chi connectivity index (χ1v) is 5.49. The fraction of sp³-hybridized carbons (Fsp3) is 0.0833. The molecule has 0 fully saturated rings. The largest absolute Gasteiger partial charge is 0.433 e. The van der Waals surface area contributed by atoms with Crippen LogP contribution in [0.4, 0.5) is 17.6 Å². The Balaban J connectivity index is 2.11. The monoisotopic (exact) mass is 282 g/mol. The molecule has 0 atom stereocenters. The third kappa shape index (κ3) is 2.20. The second-order valence-corrected chi connectivity index (χ2v) is 4.02. The van der Waals surface area contributed by atoms with Crippen molar-refractivity contribution in [1.82, 2.24) is 19.9 Å². The lowest BCUT2D eigenvalue weighted by molar-refractivity contribution is -0.141. The van der Waals surface area contributed by atoms with Gasteiger partial charge in [0.2, 0.25) is 5.95 Å². The minimum atomic E-state index is -4.53. The average molecular weight is 282 g/mol. The van der Waals surface area contributed by atoms with Crippen LogP contribution in [0, 0.1) is 5.95 Å². The van der Waals surface area contributed by atoms with E-state index in [-0.39, 0.29) is 11.5 Å². The first kappa shape index (κ1) is 12.5. The molecule has 3 heterocycles. The molecule has 0 saturated heterocycles. The number of nitrogens with one attached hydrogen (secondary N) is 1. The van der Waals surface area contributed by atoms with Gasteiger partial charge in [0.05, 0.1) is 5.52 Å². The summed E-state index contributed by atoms with van der Waals surface area (Å²) in [6.07, 6.45) is -3.29. The molecular formula is C12H6F4N4. The highest BCUT2D eigenvalue weighted by Gasteiger charge is 2.32. The molecule has 102 valence electrons. The van der Waals surface area contributed by atoms with Gasteiger partial charge in [0, 0.05) is 17.8 Å². The number of aromatic amines is 1. The summed E-state index contributed by atoms with van der Waals surface area (Å²) in [5.74, 6) is -0.472. The Morgan fingerprint density at radius 1 is 1.05 bits per heavy atom. The van der Waals surface area contributed by atoms with Crippen LogP contribution in [-0.4, -0.2) is 19.9 Å². The molecule has 0 unspecified atom stereocenters. The third-order valence-electron chi connectivity index (χ3n) is 2.64. The van der Waals surface area contributed by atoms with Crippen molar-refractivity contribution in [2.45, 2.75) is 6.18 Å². The number of hydrogen-bond donors (Lipinski definition) is 1. The quantitative estimate of drug-likeness (QED) is 0.551. The van der Waals surface area contributed by atoms with E-state index >= 15 is 0 Å². The van der Waals surface area contributed by atoms with Crippen LogP contribution in [0.5, 0.6) is 0 Å². The van der Waals surface area contributed by atoms with Crippen molar-refractivity contribution in [3.05, 3.63) is 42.1 Å². The smallest absolute Gasteiger partial charge is 0.337 e. The molecule has 0 aliphatic heterocycles. The fourth-order valence-corrected chi connectivity index (χ4v) is 1.74. The van der Waals surface area contributed by atoms with Crippen molar-refractivity contribution in [3.8, 4) is 11.4 Å². The van der Waals surface area contributed by atoms with Crippen molar-refractivity contribution in [1.29, 1.82) is 0 Å². The number of rotatable bonds is 1. The van der Waals surface area contributed by atoms with E-state index in [1.54, 1.807) is 0 Å². The first-order chi connectivity index (χ1) is 9.43. The van der Waals surface area contributed by atoms with Gasteiger partial charge in [0.1, 0.15) is 11.5 Å². The second kappa shape index (κ2) is 4.26. The van der Waals surface area contributed by atoms with E-state index in [4.69, 9.17) is 0 Å². The summed E-state index contributed by atoms with van der Waals surface area (Å²) in [7, 11) is 0. The van der Waals surface area contributed by atoms with Gasteiger partial charge in [-0.05, 0) is 18.2 Å². The Morgan fingerprint density at radius 3 is 2.55 bits per heavy atom. The van der Waals surface area contributed by atoms with Crippen molar-refractivity contribution in [2.75, 3.05) is 0 Å². The van der Waals surface area contributed by atoms with Crippen LogP contribution >= 0.6 is 0 Å². The summed E-state index contributed by atoms with van der Waals surface area (Å²) in [6, 6.07) is 4.71. The molecule has 3 aromatic rings. The number of pyridine rings is 2. The molecule has 0 spiro atoms. The van der Waals surface area contributed by atoms with Crippen LogP contribution in [0.2, 0.25) is 0 Å². The van der Waals surface area contributed by atoms with E-state index in [1.807, 2.05) is 0 Å². The van der Waals surface area contributed by atoms with Crippen molar-refractivity contribution in [3.63, 3.8) is 0 Å². The van der Waals surface area contributed by atoms with Gasteiger partial charge in [-0.1, -0.05) is 0 Å². The Bertz CT molecular complexity index is 778. The van der Waals surface area contributed by atoms with Crippen molar-refractivity contribution >= 4 is 11.2 Å². The molecule has 0 aliphatic carbocycles. The highest BCUT2D eigenvalue weighted by atomic mass is 19.4. The number of aromatic nitrogens is 4. The van der Waals surface area contributed by atoms with Gasteiger partial charge in [-0.25, -0.2) is 15.0 Å².